The summed E-state index contributed by atoms with van der Waals surface area (Å²) in [5.41, 5.74) is 5.73. The minimum Gasteiger partial charge on any atom is -0.369 e. The molecule has 0 fully saturated rings. The van der Waals surface area contributed by atoms with E-state index in [1.807, 2.05) is 0 Å². The summed E-state index contributed by atoms with van der Waals surface area (Å²) in [7, 11) is -3.65. The maximum Gasteiger partial charge on any atom is 0.232 e. The number of amides is 1. The fourth-order valence-electron chi connectivity index (χ4n) is 2.28. The number of unbranched alkanes of at least 4 members (excludes halogenated alkanes) is 3. The van der Waals surface area contributed by atoms with Crippen LogP contribution >= 0.6 is 23.4 Å². The Morgan fingerprint density at radius 3 is 2.50 bits per heavy atom. The van der Waals surface area contributed by atoms with E-state index in [0.717, 1.165) is 25.0 Å². The van der Waals surface area contributed by atoms with Crippen LogP contribution in [-0.2, 0) is 20.6 Å². The molecule has 0 unspecified atom stereocenters. The lowest BCUT2D eigenvalue weighted by Crippen LogP contribution is -2.39. The van der Waals surface area contributed by atoms with E-state index < -0.39 is 15.9 Å². The second kappa shape index (κ2) is 11.0. The summed E-state index contributed by atoms with van der Waals surface area (Å²) in [5.74, 6) is 0.225. The third kappa shape index (κ3) is 7.88. The van der Waals surface area contributed by atoms with Crippen LogP contribution in [0, 0.1) is 0 Å². The number of nitrogens with zero attached hydrogens (tertiary/aromatic N) is 1. The molecule has 136 valence electrons. The monoisotopic (exact) mass is 392 g/mol. The number of hydrogen-bond acceptors (Lipinski definition) is 4. The van der Waals surface area contributed by atoms with Gasteiger partial charge in [0.05, 0.1) is 12.3 Å². The summed E-state index contributed by atoms with van der Waals surface area (Å²) in [5, 5.41) is 0.400. The van der Waals surface area contributed by atoms with Crippen molar-refractivity contribution >= 4 is 39.3 Å². The first kappa shape index (κ1) is 21.3. The number of sulfonamides is 1. The van der Waals surface area contributed by atoms with Gasteiger partial charge < -0.3 is 5.73 Å². The number of thioether (sulfide) groups is 1. The molecule has 1 rings (SSSR count). The lowest BCUT2D eigenvalue weighted by Gasteiger charge is -2.21. The average Bonchev–Trinajstić information content (AvgIpc) is 2.51. The molecule has 0 atom stereocenters. The summed E-state index contributed by atoms with van der Waals surface area (Å²) < 4.78 is 26.4. The Labute approximate surface area is 154 Å². The summed E-state index contributed by atoms with van der Waals surface area (Å²) in [4.78, 5) is 11.2. The van der Waals surface area contributed by atoms with Gasteiger partial charge in [-0.25, -0.2) is 8.42 Å². The normalized spacial score (nSPS) is 11.8. The van der Waals surface area contributed by atoms with E-state index >= 15 is 0 Å². The van der Waals surface area contributed by atoms with Crippen molar-refractivity contribution in [3.05, 3.63) is 34.9 Å². The van der Waals surface area contributed by atoms with Gasteiger partial charge in [0.15, 0.2) is 0 Å². The molecule has 0 aliphatic rings. The molecule has 0 saturated carbocycles. The van der Waals surface area contributed by atoms with Gasteiger partial charge >= 0.3 is 0 Å². The van der Waals surface area contributed by atoms with Gasteiger partial charge in [-0.15, -0.1) is 0 Å². The zero-order valence-electron chi connectivity index (χ0n) is 13.9. The van der Waals surface area contributed by atoms with Crippen molar-refractivity contribution < 1.29 is 13.2 Å². The van der Waals surface area contributed by atoms with Crippen molar-refractivity contribution in [3.8, 4) is 0 Å². The van der Waals surface area contributed by atoms with Crippen LogP contribution in [0.1, 0.15) is 31.2 Å². The Balaban J connectivity index is 2.67. The molecule has 1 aromatic carbocycles. The highest BCUT2D eigenvalue weighted by molar-refractivity contribution is 7.98. The SMILES string of the molecule is CSCCCCCCN(CC(N)=O)S(=O)(=O)Cc1ccccc1Cl. The smallest absolute Gasteiger partial charge is 0.232 e. The van der Waals surface area contributed by atoms with Crippen molar-refractivity contribution in [2.24, 2.45) is 5.73 Å². The molecule has 0 aliphatic heterocycles. The Bertz CT molecular complexity index is 624. The lowest BCUT2D eigenvalue weighted by atomic mass is 10.2. The van der Waals surface area contributed by atoms with Crippen molar-refractivity contribution in [2.75, 3.05) is 25.1 Å². The highest BCUT2D eigenvalue weighted by Gasteiger charge is 2.24. The summed E-state index contributed by atoms with van der Waals surface area (Å²) in [6.07, 6.45) is 5.87. The first-order valence-corrected chi connectivity index (χ1v) is 11.2. The molecule has 5 nitrogen and oxygen atoms in total. The first-order chi connectivity index (χ1) is 11.4. The van der Waals surface area contributed by atoms with E-state index in [2.05, 4.69) is 6.26 Å². The third-order valence-electron chi connectivity index (χ3n) is 3.53. The molecule has 1 aromatic rings. The maximum atomic E-state index is 12.6. The van der Waals surface area contributed by atoms with Crippen LogP contribution in [0.2, 0.25) is 5.02 Å². The number of primary amides is 1. The van der Waals surface area contributed by atoms with Crippen LogP contribution in [0.15, 0.2) is 24.3 Å². The van der Waals surface area contributed by atoms with Gasteiger partial charge in [-0.2, -0.15) is 16.1 Å². The summed E-state index contributed by atoms with van der Waals surface area (Å²) >= 11 is 7.84. The number of hydrogen-bond donors (Lipinski definition) is 1. The van der Waals surface area contributed by atoms with E-state index in [0.29, 0.717) is 23.6 Å². The van der Waals surface area contributed by atoms with Crippen molar-refractivity contribution in [1.82, 2.24) is 4.31 Å². The quantitative estimate of drug-likeness (QED) is 0.554. The molecule has 2 N–H and O–H groups in total. The molecule has 0 bridgehead atoms. The Hall–Kier alpha value is -0.760. The van der Waals surface area contributed by atoms with Crippen molar-refractivity contribution in [2.45, 2.75) is 31.4 Å². The topological polar surface area (TPSA) is 80.5 Å². The van der Waals surface area contributed by atoms with Gasteiger partial charge in [-0.1, -0.05) is 42.6 Å². The Morgan fingerprint density at radius 2 is 1.88 bits per heavy atom. The summed E-state index contributed by atoms with van der Waals surface area (Å²) in [6, 6.07) is 6.80. The van der Waals surface area contributed by atoms with E-state index in [9.17, 15) is 13.2 Å². The molecule has 0 radical (unpaired) electrons. The number of carbonyl (C=O) groups is 1. The number of halogens is 1. The fraction of sp³-hybridized carbons (Fsp3) is 0.562. The second-order valence-corrected chi connectivity index (χ2v) is 8.92. The van der Waals surface area contributed by atoms with Crippen LogP contribution in [0.3, 0.4) is 0 Å². The molecule has 0 aromatic heterocycles. The van der Waals surface area contributed by atoms with E-state index in [1.165, 1.54) is 4.31 Å². The minimum atomic E-state index is -3.65. The fourth-order valence-corrected chi connectivity index (χ4v) is 4.61. The first-order valence-electron chi connectivity index (χ1n) is 7.85. The molecule has 0 aliphatic carbocycles. The molecule has 0 saturated heterocycles. The number of nitrogens with two attached hydrogens (primary N) is 1. The van der Waals surface area contributed by atoms with Gasteiger partial charge in [0.2, 0.25) is 15.9 Å². The van der Waals surface area contributed by atoms with Crippen LogP contribution < -0.4 is 5.73 Å². The van der Waals surface area contributed by atoms with Crippen molar-refractivity contribution in [3.63, 3.8) is 0 Å². The maximum absolute atomic E-state index is 12.6. The molecule has 1 amide bonds. The Morgan fingerprint density at radius 1 is 1.21 bits per heavy atom. The number of benzene rings is 1. The Kier molecular flexibility index (Phi) is 9.73. The van der Waals surface area contributed by atoms with Crippen LogP contribution in [0.5, 0.6) is 0 Å². The number of rotatable bonds is 12. The van der Waals surface area contributed by atoms with Gasteiger partial charge in [0, 0.05) is 11.6 Å². The van der Waals surface area contributed by atoms with Gasteiger partial charge in [-0.3, -0.25) is 4.79 Å². The lowest BCUT2D eigenvalue weighted by molar-refractivity contribution is -0.118. The highest BCUT2D eigenvalue weighted by atomic mass is 35.5. The summed E-state index contributed by atoms with van der Waals surface area (Å²) in [6.45, 7) is 0.00654. The van der Waals surface area contributed by atoms with E-state index in [4.69, 9.17) is 17.3 Å². The molecule has 8 heteroatoms. The van der Waals surface area contributed by atoms with Crippen molar-refractivity contribution in [1.29, 1.82) is 0 Å². The van der Waals surface area contributed by atoms with Crippen LogP contribution in [-0.4, -0.2) is 43.7 Å². The standard InChI is InChI=1S/C16H25ClN2O3S2/c1-23-11-7-3-2-6-10-19(12-16(18)20)24(21,22)13-14-8-4-5-9-15(14)17/h4-5,8-9H,2-3,6-7,10-13H2,1H3,(H2,18,20). The van der Waals surface area contributed by atoms with E-state index in [1.54, 1.807) is 36.0 Å². The molecular weight excluding hydrogens is 368 g/mol. The highest BCUT2D eigenvalue weighted by Crippen LogP contribution is 2.20. The molecule has 0 heterocycles. The largest absolute Gasteiger partial charge is 0.369 e. The van der Waals surface area contributed by atoms with E-state index in [-0.39, 0.29) is 12.3 Å². The van der Waals surface area contributed by atoms with Gasteiger partial charge in [0.1, 0.15) is 0 Å². The average molecular weight is 393 g/mol. The molecule has 24 heavy (non-hydrogen) atoms. The predicted octanol–water partition coefficient (Wildman–Crippen LogP) is 2.88. The molecular formula is C16H25ClN2O3S2. The van der Waals surface area contributed by atoms with Crippen LogP contribution in [0.4, 0.5) is 0 Å². The molecule has 0 spiro atoms. The third-order valence-corrected chi connectivity index (χ3v) is 6.37. The van der Waals surface area contributed by atoms with Gasteiger partial charge in [-0.05, 0) is 36.5 Å². The zero-order chi connectivity index (χ0) is 18.0. The second-order valence-electron chi connectivity index (χ2n) is 5.55. The zero-order valence-corrected chi connectivity index (χ0v) is 16.3. The van der Waals surface area contributed by atoms with Gasteiger partial charge in [0.25, 0.3) is 0 Å². The predicted molar refractivity (Wildman–Crippen MR) is 102 cm³/mol. The number of carbonyl (C=O) groups excluding carboxylic acids is 1. The minimum absolute atomic E-state index is 0.230. The van der Waals surface area contributed by atoms with Crippen LogP contribution in [0.25, 0.3) is 0 Å².